The Morgan fingerprint density at radius 3 is 2.31 bits per heavy atom. The second-order valence-electron chi connectivity index (χ2n) is 11.4. The van der Waals surface area contributed by atoms with Crippen LogP contribution in [0.4, 0.5) is 4.39 Å². The maximum atomic E-state index is 14.8. The Kier molecular flexibility index (Phi) is 12.4. The molecule has 1 fully saturated rings. The van der Waals surface area contributed by atoms with Crippen molar-refractivity contribution in [3.63, 3.8) is 0 Å². The van der Waals surface area contributed by atoms with Gasteiger partial charge in [0.25, 0.3) is 0 Å². The standard InChI is InChI=1S/C34H39ClFN5O3.ClH/c1-2-32(42)38-22-31(27-9-5-6-10-28(27)36)40-15-17-41(18-16-40)34(44)30(19-23-11-13-26(35)14-12-23)39-33(43)29-20-24-7-3-4-8-25(24)21-37-29;/h3-14,29-31,37H,2,15-22H2,1H3,(H,38,42)(H,39,43);1H/t29-,30-,31?;/m1./s1. The zero-order valence-corrected chi connectivity index (χ0v) is 26.9. The van der Waals surface area contributed by atoms with Gasteiger partial charge in [-0.15, -0.1) is 12.4 Å². The SMILES string of the molecule is CCC(=O)NCC(c1ccccc1F)N1CCN(C(=O)[C@@H](Cc2ccc(Cl)cc2)NC(=O)[C@H]2Cc3ccccc3CN2)CC1.Cl. The second kappa shape index (κ2) is 16.2. The maximum Gasteiger partial charge on any atom is 0.245 e. The molecule has 5 rings (SSSR count). The first kappa shape index (κ1) is 34.4. The number of amides is 3. The Labute approximate surface area is 275 Å². The average Bonchev–Trinajstić information content (AvgIpc) is 3.05. The lowest BCUT2D eigenvalue weighted by Crippen LogP contribution is -2.58. The minimum absolute atomic E-state index is 0. The molecule has 0 saturated carbocycles. The van der Waals surface area contributed by atoms with Crippen LogP contribution in [-0.4, -0.2) is 72.3 Å². The fraction of sp³-hybridized carbons (Fsp3) is 0.382. The summed E-state index contributed by atoms with van der Waals surface area (Å²) in [7, 11) is 0. The zero-order chi connectivity index (χ0) is 31.1. The van der Waals surface area contributed by atoms with E-state index in [-0.39, 0.29) is 48.5 Å². The van der Waals surface area contributed by atoms with Crippen molar-refractivity contribution in [2.45, 2.75) is 50.9 Å². The second-order valence-corrected chi connectivity index (χ2v) is 11.8. The first-order chi connectivity index (χ1) is 21.3. The minimum atomic E-state index is -0.764. The maximum absolute atomic E-state index is 14.8. The number of nitrogens with zero attached hydrogens (tertiary/aromatic N) is 2. The number of halogens is 3. The summed E-state index contributed by atoms with van der Waals surface area (Å²) in [5, 5.41) is 9.86. The summed E-state index contributed by atoms with van der Waals surface area (Å²) in [6.45, 7) is 4.45. The molecule has 3 atom stereocenters. The van der Waals surface area contributed by atoms with Gasteiger partial charge < -0.3 is 20.9 Å². The smallest absolute Gasteiger partial charge is 0.245 e. The molecule has 2 aliphatic heterocycles. The Morgan fingerprint density at radius 1 is 0.956 bits per heavy atom. The molecule has 1 unspecified atom stereocenters. The molecule has 0 bridgehead atoms. The highest BCUT2D eigenvalue weighted by atomic mass is 35.5. The van der Waals surface area contributed by atoms with Gasteiger partial charge in [-0.2, -0.15) is 0 Å². The molecule has 0 aromatic heterocycles. The lowest BCUT2D eigenvalue weighted by molar-refractivity contribution is -0.138. The van der Waals surface area contributed by atoms with Crippen molar-refractivity contribution < 1.29 is 18.8 Å². The van der Waals surface area contributed by atoms with Crippen molar-refractivity contribution in [3.05, 3.63) is 106 Å². The Balaban J connectivity index is 0.00000461. The predicted octanol–water partition coefficient (Wildman–Crippen LogP) is 4.05. The van der Waals surface area contributed by atoms with Crippen molar-refractivity contribution in [1.29, 1.82) is 0 Å². The van der Waals surface area contributed by atoms with Crippen LogP contribution in [0.25, 0.3) is 0 Å². The molecule has 3 amide bonds. The van der Waals surface area contributed by atoms with Crippen molar-refractivity contribution in [2.75, 3.05) is 32.7 Å². The molecule has 3 N–H and O–H groups in total. The summed E-state index contributed by atoms with van der Waals surface area (Å²) in [6.07, 6.45) is 1.22. The summed E-state index contributed by atoms with van der Waals surface area (Å²) < 4.78 is 14.8. The van der Waals surface area contributed by atoms with E-state index in [9.17, 15) is 18.8 Å². The summed E-state index contributed by atoms with van der Waals surface area (Å²) in [5.41, 5.74) is 3.70. The topological polar surface area (TPSA) is 93.8 Å². The highest BCUT2D eigenvalue weighted by Gasteiger charge is 2.34. The van der Waals surface area contributed by atoms with Gasteiger partial charge in [0.05, 0.1) is 12.1 Å². The van der Waals surface area contributed by atoms with Crippen molar-refractivity contribution in [1.82, 2.24) is 25.8 Å². The van der Waals surface area contributed by atoms with Gasteiger partial charge in [-0.05, 0) is 41.3 Å². The van der Waals surface area contributed by atoms with Crippen LogP contribution < -0.4 is 16.0 Å². The van der Waals surface area contributed by atoms with Crippen LogP contribution in [0, 0.1) is 5.82 Å². The average molecular weight is 657 g/mol. The number of fused-ring (bicyclic) bond motifs is 1. The Hall–Kier alpha value is -3.50. The normalized spacial score (nSPS) is 17.8. The Bertz CT molecular complexity index is 1470. The first-order valence-electron chi connectivity index (χ1n) is 15.2. The largest absolute Gasteiger partial charge is 0.354 e. The van der Waals surface area contributed by atoms with Gasteiger partial charge in [0.15, 0.2) is 0 Å². The number of nitrogens with one attached hydrogen (secondary N) is 3. The molecular weight excluding hydrogens is 616 g/mol. The summed E-state index contributed by atoms with van der Waals surface area (Å²) in [5.74, 6) is -0.800. The van der Waals surface area contributed by atoms with Gasteiger partial charge in [-0.1, -0.05) is 73.1 Å². The van der Waals surface area contributed by atoms with E-state index in [1.807, 2.05) is 30.3 Å². The third kappa shape index (κ3) is 8.82. The van der Waals surface area contributed by atoms with Crippen molar-refractivity contribution in [3.8, 4) is 0 Å². The van der Waals surface area contributed by atoms with Crippen LogP contribution in [0.3, 0.4) is 0 Å². The molecule has 45 heavy (non-hydrogen) atoms. The fourth-order valence-electron chi connectivity index (χ4n) is 5.96. The number of carbonyl (C=O) groups is 3. The van der Waals surface area contributed by atoms with Gasteiger partial charge in [-0.3, -0.25) is 19.3 Å². The highest BCUT2D eigenvalue weighted by molar-refractivity contribution is 6.30. The first-order valence-corrected chi connectivity index (χ1v) is 15.6. The van der Waals surface area contributed by atoms with Crippen molar-refractivity contribution >= 4 is 41.7 Å². The van der Waals surface area contributed by atoms with Crippen molar-refractivity contribution in [2.24, 2.45) is 0 Å². The van der Waals surface area contributed by atoms with Gasteiger partial charge in [0, 0.05) is 62.7 Å². The Morgan fingerprint density at radius 2 is 1.62 bits per heavy atom. The van der Waals surface area contributed by atoms with E-state index in [0.29, 0.717) is 62.6 Å². The van der Waals surface area contributed by atoms with Crippen LogP contribution in [0.5, 0.6) is 0 Å². The van der Waals surface area contributed by atoms with Crippen LogP contribution in [0.2, 0.25) is 5.02 Å². The van der Waals surface area contributed by atoms with Crippen LogP contribution in [-0.2, 0) is 33.8 Å². The van der Waals surface area contributed by atoms with Gasteiger partial charge in [0.2, 0.25) is 17.7 Å². The van der Waals surface area contributed by atoms with E-state index in [1.165, 1.54) is 11.6 Å². The molecule has 8 nitrogen and oxygen atoms in total. The van der Waals surface area contributed by atoms with E-state index in [1.54, 1.807) is 42.2 Å². The lowest BCUT2D eigenvalue weighted by Gasteiger charge is -2.40. The van der Waals surface area contributed by atoms with Gasteiger partial charge >= 0.3 is 0 Å². The third-order valence-corrected chi connectivity index (χ3v) is 8.76. The number of piperazine rings is 1. The minimum Gasteiger partial charge on any atom is -0.354 e. The molecule has 3 aromatic carbocycles. The van der Waals surface area contributed by atoms with Gasteiger partial charge in [-0.25, -0.2) is 4.39 Å². The molecule has 1 saturated heterocycles. The van der Waals surface area contributed by atoms with Crippen LogP contribution >= 0.6 is 24.0 Å². The number of hydrogen-bond acceptors (Lipinski definition) is 5. The fourth-order valence-corrected chi connectivity index (χ4v) is 6.09. The van der Waals surface area contributed by atoms with E-state index >= 15 is 0 Å². The van der Waals surface area contributed by atoms with E-state index in [2.05, 4.69) is 26.9 Å². The molecule has 0 radical (unpaired) electrons. The van der Waals surface area contributed by atoms with Crippen LogP contribution in [0.15, 0.2) is 72.8 Å². The quantitative estimate of drug-likeness (QED) is 0.306. The predicted molar refractivity (Wildman–Crippen MR) is 176 cm³/mol. The monoisotopic (exact) mass is 655 g/mol. The van der Waals surface area contributed by atoms with Gasteiger partial charge in [0.1, 0.15) is 11.9 Å². The number of hydrogen-bond donors (Lipinski definition) is 3. The summed E-state index contributed by atoms with van der Waals surface area (Å²) in [4.78, 5) is 43.4. The summed E-state index contributed by atoms with van der Waals surface area (Å²) in [6, 6.07) is 20.4. The molecule has 0 spiro atoms. The lowest BCUT2D eigenvalue weighted by atomic mass is 9.95. The molecule has 11 heteroatoms. The molecule has 240 valence electrons. The van der Waals surface area contributed by atoms with E-state index < -0.39 is 12.1 Å². The zero-order valence-electron chi connectivity index (χ0n) is 25.3. The number of carbonyl (C=O) groups excluding carboxylic acids is 3. The highest BCUT2D eigenvalue weighted by Crippen LogP contribution is 2.25. The third-order valence-electron chi connectivity index (χ3n) is 8.51. The van der Waals surface area contributed by atoms with E-state index in [0.717, 1.165) is 11.1 Å². The molecule has 2 aliphatic rings. The number of rotatable bonds is 10. The van der Waals surface area contributed by atoms with Crippen LogP contribution in [0.1, 0.15) is 41.6 Å². The summed E-state index contributed by atoms with van der Waals surface area (Å²) >= 11 is 6.10. The molecule has 3 aromatic rings. The molecule has 0 aliphatic carbocycles. The van der Waals surface area contributed by atoms with E-state index in [4.69, 9.17) is 11.6 Å². The molecular formula is C34H40Cl2FN5O3. The number of benzene rings is 3. The molecule has 2 heterocycles.